The Morgan fingerprint density at radius 3 is 2.67 bits per heavy atom. The molecule has 1 aromatic rings. The highest BCUT2D eigenvalue weighted by Crippen LogP contribution is 2.27. The van der Waals surface area contributed by atoms with Crippen LogP contribution in [0.3, 0.4) is 0 Å². The molecule has 2 unspecified atom stereocenters. The average Bonchev–Trinajstić information content (AvgIpc) is 2.71. The van der Waals surface area contributed by atoms with Crippen molar-refractivity contribution in [3.63, 3.8) is 0 Å². The van der Waals surface area contributed by atoms with E-state index < -0.39 is 12.0 Å². The van der Waals surface area contributed by atoms with Gasteiger partial charge in [-0.1, -0.05) is 19.1 Å². The van der Waals surface area contributed by atoms with Crippen LogP contribution in [0.25, 0.3) is 0 Å². The second kappa shape index (κ2) is 4.68. The van der Waals surface area contributed by atoms with E-state index in [2.05, 4.69) is 0 Å². The molecule has 2 rings (SSSR count). The summed E-state index contributed by atoms with van der Waals surface area (Å²) in [5, 5.41) is 9.19. The zero-order valence-electron chi connectivity index (χ0n) is 10.2. The van der Waals surface area contributed by atoms with E-state index in [4.69, 9.17) is 5.73 Å². The molecule has 1 fully saturated rings. The van der Waals surface area contributed by atoms with Crippen LogP contribution in [0.15, 0.2) is 24.3 Å². The highest BCUT2D eigenvalue weighted by atomic mass is 16.4. The summed E-state index contributed by atoms with van der Waals surface area (Å²) in [4.78, 5) is 24.9. The van der Waals surface area contributed by atoms with Gasteiger partial charge in [0.1, 0.15) is 6.04 Å². The number of carboxylic acids is 1. The molecule has 0 aromatic heterocycles. The normalized spacial score (nSPS) is 23.1. The lowest BCUT2D eigenvalue weighted by molar-refractivity contribution is -0.142. The van der Waals surface area contributed by atoms with Crippen molar-refractivity contribution in [2.24, 2.45) is 5.92 Å². The third kappa shape index (κ3) is 2.03. The number of hydrogen-bond donors (Lipinski definition) is 2. The van der Waals surface area contributed by atoms with E-state index in [0.717, 1.165) is 0 Å². The molecular formula is C13H16N2O3. The highest BCUT2D eigenvalue weighted by molar-refractivity contribution is 6.01. The van der Waals surface area contributed by atoms with Gasteiger partial charge in [0.15, 0.2) is 0 Å². The lowest BCUT2D eigenvalue weighted by Crippen LogP contribution is -2.42. The lowest BCUT2D eigenvalue weighted by Gasteiger charge is -2.23. The van der Waals surface area contributed by atoms with Crippen LogP contribution in [-0.2, 0) is 4.79 Å². The molecule has 1 aliphatic rings. The van der Waals surface area contributed by atoms with Crippen molar-refractivity contribution in [2.45, 2.75) is 19.4 Å². The Bertz CT molecular complexity index is 487. The zero-order valence-corrected chi connectivity index (χ0v) is 10.2. The van der Waals surface area contributed by atoms with Crippen LogP contribution >= 0.6 is 0 Å². The van der Waals surface area contributed by atoms with Crippen LogP contribution in [0, 0.1) is 5.92 Å². The van der Waals surface area contributed by atoms with Crippen molar-refractivity contribution < 1.29 is 14.7 Å². The molecule has 2 atom stereocenters. The Hall–Kier alpha value is -2.04. The Labute approximate surface area is 105 Å². The Morgan fingerprint density at radius 2 is 2.06 bits per heavy atom. The molecule has 18 heavy (non-hydrogen) atoms. The van der Waals surface area contributed by atoms with E-state index >= 15 is 0 Å². The van der Waals surface area contributed by atoms with Crippen LogP contribution < -0.4 is 5.73 Å². The van der Waals surface area contributed by atoms with Crippen molar-refractivity contribution in [1.82, 2.24) is 4.90 Å². The summed E-state index contributed by atoms with van der Waals surface area (Å²) in [6, 6.07) is 5.98. The minimum absolute atomic E-state index is 0.0311. The number of nitrogens with two attached hydrogens (primary N) is 1. The second-order valence-corrected chi connectivity index (χ2v) is 4.63. The number of amides is 1. The summed E-state index contributed by atoms with van der Waals surface area (Å²) in [6.45, 7) is 2.31. The van der Waals surface area contributed by atoms with E-state index in [1.807, 2.05) is 6.92 Å². The maximum atomic E-state index is 12.3. The number of anilines is 1. The van der Waals surface area contributed by atoms with Crippen molar-refractivity contribution in [3.8, 4) is 0 Å². The molecule has 0 radical (unpaired) electrons. The molecule has 1 amide bonds. The summed E-state index contributed by atoms with van der Waals surface area (Å²) in [5.41, 5.74) is 6.50. The summed E-state index contributed by atoms with van der Waals surface area (Å²) in [6.07, 6.45) is 0.704. The van der Waals surface area contributed by atoms with Crippen LogP contribution in [0.2, 0.25) is 0 Å². The zero-order chi connectivity index (χ0) is 13.3. The van der Waals surface area contributed by atoms with Crippen LogP contribution in [0.4, 0.5) is 5.69 Å². The fraction of sp³-hybridized carbons (Fsp3) is 0.385. The lowest BCUT2D eigenvalue weighted by atomic mass is 10.0. The van der Waals surface area contributed by atoms with Gasteiger partial charge in [-0.05, 0) is 24.5 Å². The number of benzene rings is 1. The first kappa shape index (κ1) is 12.4. The number of carbonyl (C=O) groups is 2. The molecule has 1 saturated heterocycles. The minimum Gasteiger partial charge on any atom is -0.480 e. The molecule has 3 N–H and O–H groups in total. The van der Waals surface area contributed by atoms with E-state index in [-0.39, 0.29) is 11.8 Å². The van der Waals surface area contributed by atoms with Crippen molar-refractivity contribution >= 4 is 17.6 Å². The number of likely N-dealkylation sites (tertiary alicyclic amines) is 1. The molecule has 96 valence electrons. The first-order valence-electron chi connectivity index (χ1n) is 5.90. The number of carbonyl (C=O) groups excluding carboxylic acids is 1. The molecule has 5 nitrogen and oxygen atoms in total. The van der Waals surface area contributed by atoms with Crippen LogP contribution in [0.5, 0.6) is 0 Å². The Balaban J connectivity index is 2.29. The number of nitrogen functional groups attached to an aromatic ring is 1. The quantitative estimate of drug-likeness (QED) is 0.770. The Kier molecular flexibility index (Phi) is 3.23. The van der Waals surface area contributed by atoms with E-state index in [1.54, 1.807) is 24.3 Å². The number of rotatable bonds is 2. The predicted octanol–water partition coefficient (Wildman–Crippen LogP) is 1.20. The van der Waals surface area contributed by atoms with Crippen molar-refractivity contribution in [3.05, 3.63) is 29.8 Å². The fourth-order valence-electron chi connectivity index (χ4n) is 2.40. The molecule has 1 heterocycles. The number of carboxylic acid groups (broad SMARTS) is 1. The number of hydrogen-bond acceptors (Lipinski definition) is 3. The van der Waals surface area contributed by atoms with Gasteiger partial charge in [-0.15, -0.1) is 0 Å². The molecule has 0 bridgehead atoms. The van der Waals surface area contributed by atoms with Crippen molar-refractivity contribution in [1.29, 1.82) is 0 Å². The fourth-order valence-corrected chi connectivity index (χ4v) is 2.40. The maximum absolute atomic E-state index is 12.3. The number of para-hydroxylation sites is 1. The van der Waals surface area contributed by atoms with E-state index in [0.29, 0.717) is 24.2 Å². The standard InChI is InChI=1S/C13H16N2O3/c1-8-6-7-15(11(8)13(17)18)12(16)9-4-2-3-5-10(9)14/h2-5,8,11H,6-7,14H2,1H3,(H,17,18). The largest absolute Gasteiger partial charge is 0.480 e. The van der Waals surface area contributed by atoms with Gasteiger partial charge in [0, 0.05) is 12.2 Å². The van der Waals surface area contributed by atoms with Crippen LogP contribution in [0.1, 0.15) is 23.7 Å². The van der Waals surface area contributed by atoms with Crippen LogP contribution in [-0.4, -0.2) is 34.5 Å². The summed E-state index contributed by atoms with van der Waals surface area (Å²) in [7, 11) is 0. The van der Waals surface area contributed by atoms with E-state index in [1.165, 1.54) is 4.90 Å². The highest BCUT2D eigenvalue weighted by Gasteiger charge is 2.40. The maximum Gasteiger partial charge on any atom is 0.326 e. The van der Waals surface area contributed by atoms with Gasteiger partial charge < -0.3 is 15.7 Å². The monoisotopic (exact) mass is 248 g/mol. The van der Waals surface area contributed by atoms with Gasteiger partial charge in [0.2, 0.25) is 0 Å². The summed E-state index contributed by atoms with van der Waals surface area (Å²) >= 11 is 0. The van der Waals surface area contributed by atoms with E-state index in [9.17, 15) is 14.7 Å². The first-order valence-corrected chi connectivity index (χ1v) is 5.90. The topological polar surface area (TPSA) is 83.6 Å². The second-order valence-electron chi connectivity index (χ2n) is 4.63. The van der Waals surface area contributed by atoms with Gasteiger partial charge >= 0.3 is 5.97 Å². The number of nitrogens with zero attached hydrogens (tertiary/aromatic N) is 1. The number of aliphatic carboxylic acids is 1. The molecule has 0 saturated carbocycles. The third-order valence-electron chi connectivity index (χ3n) is 3.41. The van der Waals surface area contributed by atoms with Gasteiger partial charge in [-0.2, -0.15) is 0 Å². The summed E-state index contributed by atoms with van der Waals surface area (Å²) in [5.74, 6) is -1.29. The molecular weight excluding hydrogens is 232 g/mol. The smallest absolute Gasteiger partial charge is 0.326 e. The molecule has 5 heteroatoms. The van der Waals surface area contributed by atoms with Crippen molar-refractivity contribution in [2.75, 3.05) is 12.3 Å². The average molecular weight is 248 g/mol. The Morgan fingerprint density at radius 1 is 1.39 bits per heavy atom. The minimum atomic E-state index is -0.956. The first-order chi connectivity index (χ1) is 8.52. The van der Waals surface area contributed by atoms with Gasteiger partial charge in [0.25, 0.3) is 5.91 Å². The molecule has 1 aliphatic heterocycles. The van der Waals surface area contributed by atoms with Gasteiger partial charge in [-0.25, -0.2) is 4.79 Å². The molecule has 1 aromatic carbocycles. The molecule has 0 spiro atoms. The predicted molar refractivity (Wildman–Crippen MR) is 67.1 cm³/mol. The van der Waals surface area contributed by atoms with Gasteiger partial charge in [-0.3, -0.25) is 4.79 Å². The third-order valence-corrected chi connectivity index (χ3v) is 3.41. The SMILES string of the molecule is CC1CCN(C(=O)c2ccccc2N)C1C(=O)O. The van der Waals surface area contributed by atoms with Gasteiger partial charge in [0.05, 0.1) is 5.56 Å². The summed E-state index contributed by atoms with van der Waals surface area (Å²) < 4.78 is 0. The molecule has 0 aliphatic carbocycles.